The third-order valence-corrected chi connectivity index (χ3v) is 6.22. The molecule has 0 aliphatic carbocycles. The molecule has 1 atom stereocenters. The van der Waals surface area contributed by atoms with Crippen molar-refractivity contribution in [2.75, 3.05) is 6.54 Å². The topological polar surface area (TPSA) is 37.4 Å². The number of benzene rings is 2. The van der Waals surface area contributed by atoms with Gasteiger partial charge in [-0.05, 0) is 30.5 Å². The summed E-state index contributed by atoms with van der Waals surface area (Å²) in [7, 11) is -3.57. The molecule has 5 heteroatoms. The molecule has 2 aromatic carbocycles. The molecule has 1 aliphatic rings. The molecule has 1 heterocycles. The van der Waals surface area contributed by atoms with Crippen LogP contribution in [0.15, 0.2) is 59.5 Å². The second-order valence-electron chi connectivity index (χ2n) is 5.11. The molecule has 0 bridgehead atoms. The fourth-order valence-corrected chi connectivity index (χ4v) is 4.99. The molecule has 1 saturated heterocycles. The molecule has 0 spiro atoms. The molecule has 0 saturated carbocycles. The lowest BCUT2D eigenvalue weighted by Crippen LogP contribution is -2.30. The van der Waals surface area contributed by atoms with Crippen molar-refractivity contribution < 1.29 is 8.42 Å². The van der Waals surface area contributed by atoms with Crippen LogP contribution in [0, 0.1) is 0 Å². The van der Waals surface area contributed by atoms with Crippen LogP contribution < -0.4 is 0 Å². The number of hydrogen-bond donors (Lipinski definition) is 0. The Hall–Kier alpha value is -1.36. The highest BCUT2D eigenvalue weighted by atomic mass is 35.5. The summed E-state index contributed by atoms with van der Waals surface area (Å²) in [6.45, 7) is 0.535. The fourth-order valence-electron chi connectivity index (χ4n) is 2.82. The highest BCUT2D eigenvalue weighted by Crippen LogP contribution is 2.37. The van der Waals surface area contributed by atoms with Crippen molar-refractivity contribution in [2.24, 2.45) is 0 Å². The van der Waals surface area contributed by atoms with Gasteiger partial charge < -0.3 is 0 Å². The minimum Gasteiger partial charge on any atom is -0.207 e. The second kappa shape index (κ2) is 5.79. The van der Waals surface area contributed by atoms with E-state index in [-0.39, 0.29) is 16.0 Å². The SMILES string of the molecule is O=S(=O)(c1ccccc1Cl)N1CCC[C@@H]1c1ccccc1. The van der Waals surface area contributed by atoms with Crippen molar-refractivity contribution in [2.45, 2.75) is 23.8 Å². The van der Waals surface area contributed by atoms with Crippen LogP contribution in [0.3, 0.4) is 0 Å². The first-order chi connectivity index (χ1) is 10.1. The largest absolute Gasteiger partial charge is 0.245 e. The van der Waals surface area contributed by atoms with Gasteiger partial charge >= 0.3 is 0 Å². The zero-order valence-corrected chi connectivity index (χ0v) is 13.0. The average Bonchev–Trinajstić information content (AvgIpc) is 2.99. The van der Waals surface area contributed by atoms with Gasteiger partial charge in [-0.25, -0.2) is 8.42 Å². The molecule has 3 rings (SSSR count). The molecule has 0 amide bonds. The number of hydrogen-bond acceptors (Lipinski definition) is 2. The Kier molecular flexibility index (Phi) is 4.02. The van der Waals surface area contributed by atoms with Crippen LogP contribution in [-0.2, 0) is 10.0 Å². The van der Waals surface area contributed by atoms with Gasteiger partial charge in [0.25, 0.3) is 0 Å². The third kappa shape index (κ3) is 2.71. The summed E-state index contributed by atoms with van der Waals surface area (Å²) in [6.07, 6.45) is 1.71. The number of nitrogens with zero attached hydrogens (tertiary/aromatic N) is 1. The lowest BCUT2D eigenvalue weighted by molar-refractivity contribution is 0.397. The summed E-state index contributed by atoms with van der Waals surface area (Å²) in [5.74, 6) is 0. The first-order valence-corrected chi connectivity index (χ1v) is 8.74. The molecule has 0 aromatic heterocycles. The molecule has 1 fully saturated rings. The van der Waals surface area contributed by atoms with E-state index in [1.165, 1.54) is 0 Å². The summed E-state index contributed by atoms with van der Waals surface area (Å²) in [6, 6.07) is 16.3. The quantitative estimate of drug-likeness (QED) is 0.860. The van der Waals surface area contributed by atoms with Gasteiger partial charge in [0.2, 0.25) is 10.0 Å². The smallest absolute Gasteiger partial charge is 0.207 e. The maximum atomic E-state index is 12.9. The highest BCUT2D eigenvalue weighted by Gasteiger charge is 2.36. The molecule has 0 N–H and O–H groups in total. The van der Waals surface area contributed by atoms with Crippen molar-refractivity contribution in [3.63, 3.8) is 0 Å². The van der Waals surface area contributed by atoms with Crippen molar-refractivity contribution in [1.29, 1.82) is 0 Å². The van der Waals surface area contributed by atoms with Crippen LogP contribution in [0.4, 0.5) is 0 Å². The molecule has 110 valence electrons. The van der Waals surface area contributed by atoms with E-state index in [2.05, 4.69) is 0 Å². The van der Waals surface area contributed by atoms with Gasteiger partial charge in [-0.3, -0.25) is 0 Å². The molecular weight excluding hydrogens is 306 g/mol. The Morgan fingerprint density at radius 3 is 2.38 bits per heavy atom. The lowest BCUT2D eigenvalue weighted by Gasteiger charge is -2.24. The molecule has 21 heavy (non-hydrogen) atoms. The lowest BCUT2D eigenvalue weighted by atomic mass is 10.1. The third-order valence-electron chi connectivity index (χ3n) is 3.81. The summed E-state index contributed by atoms with van der Waals surface area (Å²) in [5, 5.41) is 0.274. The first kappa shape index (κ1) is 14.6. The maximum absolute atomic E-state index is 12.9. The Balaban J connectivity index is 2.01. The number of sulfonamides is 1. The summed E-state index contributed by atoms with van der Waals surface area (Å²) in [5.41, 5.74) is 1.03. The van der Waals surface area contributed by atoms with Gasteiger partial charge in [0, 0.05) is 6.54 Å². The van der Waals surface area contributed by atoms with Gasteiger partial charge in [-0.2, -0.15) is 4.31 Å². The van der Waals surface area contributed by atoms with E-state index in [4.69, 9.17) is 11.6 Å². The van der Waals surface area contributed by atoms with Gasteiger partial charge in [-0.15, -0.1) is 0 Å². The molecule has 1 aliphatic heterocycles. The second-order valence-corrected chi connectivity index (χ2v) is 7.38. The van der Waals surface area contributed by atoms with E-state index in [0.717, 1.165) is 18.4 Å². The standard InChI is InChI=1S/C16H16ClNO2S/c17-14-9-4-5-11-16(14)21(19,20)18-12-6-10-15(18)13-7-2-1-3-8-13/h1-5,7-9,11,15H,6,10,12H2/t15-/m1/s1. The monoisotopic (exact) mass is 321 g/mol. The van der Waals surface area contributed by atoms with E-state index in [1.807, 2.05) is 30.3 Å². The van der Waals surface area contributed by atoms with Crippen LogP contribution >= 0.6 is 11.6 Å². The highest BCUT2D eigenvalue weighted by molar-refractivity contribution is 7.89. The van der Waals surface area contributed by atoms with Gasteiger partial charge in [-0.1, -0.05) is 54.1 Å². The molecule has 2 aromatic rings. The van der Waals surface area contributed by atoms with Crippen LogP contribution in [0.2, 0.25) is 5.02 Å². The average molecular weight is 322 g/mol. The van der Waals surface area contributed by atoms with E-state index in [0.29, 0.717) is 6.54 Å². The summed E-state index contributed by atoms with van der Waals surface area (Å²) >= 11 is 6.08. The van der Waals surface area contributed by atoms with Crippen molar-refractivity contribution in [3.05, 3.63) is 65.2 Å². The van der Waals surface area contributed by atoms with Crippen LogP contribution in [0.1, 0.15) is 24.4 Å². The van der Waals surface area contributed by atoms with E-state index in [9.17, 15) is 8.42 Å². The molecule has 3 nitrogen and oxygen atoms in total. The Morgan fingerprint density at radius 1 is 1.00 bits per heavy atom. The van der Waals surface area contributed by atoms with Crippen LogP contribution in [0.25, 0.3) is 0 Å². The van der Waals surface area contributed by atoms with E-state index in [1.54, 1.807) is 28.6 Å². The van der Waals surface area contributed by atoms with Crippen LogP contribution in [-0.4, -0.2) is 19.3 Å². The zero-order chi connectivity index (χ0) is 14.9. The minimum atomic E-state index is -3.57. The van der Waals surface area contributed by atoms with Gasteiger partial charge in [0.15, 0.2) is 0 Å². The fraction of sp³-hybridized carbons (Fsp3) is 0.250. The summed E-state index contributed by atoms with van der Waals surface area (Å²) < 4.78 is 27.3. The molecule has 0 unspecified atom stereocenters. The Bertz CT molecular complexity index is 731. The van der Waals surface area contributed by atoms with Gasteiger partial charge in [0.05, 0.1) is 11.1 Å². The Morgan fingerprint density at radius 2 is 1.67 bits per heavy atom. The first-order valence-electron chi connectivity index (χ1n) is 6.92. The zero-order valence-electron chi connectivity index (χ0n) is 11.4. The van der Waals surface area contributed by atoms with Crippen LogP contribution in [0.5, 0.6) is 0 Å². The van der Waals surface area contributed by atoms with Crippen molar-refractivity contribution >= 4 is 21.6 Å². The number of rotatable bonds is 3. The maximum Gasteiger partial charge on any atom is 0.245 e. The van der Waals surface area contributed by atoms with Crippen molar-refractivity contribution in [3.8, 4) is 0 Å². The van der Waals surface area contributed by atoms with E-state index < -0.39 is 10.0 Å². The van der Waals surface area contributed by atoms with Crippen molar-refractivity contribution in [1.82, 2.24) is 4.31 Å². The number of halogens is 1. The molecular formula is C16H16ClNO2S. The normalized spacial score (nSPS) is 19.8. The predicted molar refractivity (Wildman–Crippen MR) is 83.8 cm³/mol. The summed E-state index contributed by atoms with van der Waals surface area (Å²) in [4.78, 5) is 0.189. The van der Waals surface area contributed by atoms with E-state index >= 15 is 0 Å². The minimum absolute atomic E-state index is 0.104. The Labute approximate surface area is 130 Å². The molecule has 0 radical (unpaired) electrons. The van der Waals surface area contributed by atoms with Gasteiger partial charge in [0.1, 0.15) is 4.90 Å². The predicted octanol–water partition coefficient (Wildman–Crippen LogP) is 3.87.